The molecule has 102 valence electrons. The van der Waals surface area contributed by atoms with E-state index in [2.05, 4.69) is 5.32 Å². The Morgan fingerprint density at radius 2 is 2.11 bits per heavy atom. The molecule has 2 heterocycles. The molecule has 2 unspecified atom stereocenters. The molecule has 0 bridgehead atoms. The van der Waals surface area contributed by atoms with Gasteiger partial charge in [0.1, 0.15) is 6.04 Å². The van der Waals surface area contributed by atoms with Crippen molar-refractivity contribution >= 4 is 11.9 Å². The lowest BCUT2D eigenvalue weighted by atomic mass is 10.0. The van der Waals surface area contributed by atoms with Crippen LogP contribution in [0.15, 0.2) is 0 Å². The van der Waals surface area contributed by atoms with Gasteiger partial charge in [-0.2, -0.15) is 0 Å². The Kier molecular flexibility index (Phi) is 4.58. The van der Waals surface area contributed by atoms with Crippen molar-refractivity contribution in [2.75, 3.05) is 20.2 Å². The van der Waals surface area contributed by atoms with Crippen molar-refractivity contribution in [1.29, 1.82) is 0 Å². The van der Waals surface area contributed by atoms with E-state index in [1.807, 2.05) is 0 Å². The van der Waals surface area contributed by atoms with Gasteiger partial charge in [-0.15, -0.1) is 0 Å². The third-order valence-corrected chi connectivity index (χ3v) is 3.88. The van der Waals surface area contributed by atoms with Crippen LogP contribution in [0, 0.1) is 0 Å². The van der Waals surface area contributed by atoms with Crippen LogP contribution in [0.3, 0.4) is 0 Å². The van der Waals surface area contributed by atoms with Crippen LogP contribution in [0.2, 0.25) is 0 Å². The molecule has 18 heavy (non-hydrogen) atoms. The third-order valence-electron chi connectivity index (χ3n) is 3.88. The van der Waals surface area contributed by atoms with Crippen LogP contribution in [-0.4, -0.2) is 49.1 Å². The molecule has 0 aliphatic carbocycles. The van der Waals surface area contributed by atoms with Gasteiger partial charge < -0.3 is 15.0 Å². The Bertz CT molecular complexity index is 313. The molecule has 0 aromatic rings. The van der Waals surface area contributed by atoms with Gasteiger partial charge in [0.2, 0.25) is 5.91 Å². The van der Waals surface area contributed by atoms with E-state index in [1.165, 1.54) is 7.11 Å². The zero-order valence-electron chi connectivity index (χ0n) is 11.0. The molecule has 5 heteroatoms. The van der Waals surface area contributed by atoms with Crippen molar-refractivity contribution < 1.29 is 14.3 Å². The highest BCUT2D eigenvalue weighted by Gasteiger charge is 2.33. The minimum absolute atomic E-state index is 0.0875. The summed E-state index contributed by atoms with van der Waals surface area (Å²) >= 11 is 0. The molecule has 5 nitrogen and oxygen atoms in total. The predicted octanol–water partition coefficient (Wildman–Crippen LogP) is 0.683. The quantitative estimate of drug-likeness (QED) is 0.753. The number of methoxy groups -OCH3 is 1. The number of nitrogens with zero attached hydrogens (tertiary/aromatic N) is 1. The summed E-state index contributed by atoms with van der Waals surface area (Å²) in [5, 5.41) is 3.32. The Morgan fingerprint density at radius 3 is 2.78 bits per heavy atom. The first-order chi connectivity index (χ1) is 8.72. The van der Waals surface area contributed by atoms with Gasteiger partial charge in [-0.05, 0) is 38.6 Å². The zero-order valence-corrected chi connectivity index (χ0v) is 11.0. The topological polar surface area (TPSA) is 58.6 Å². The summed E-state index contributed by atoms with van der Waals surface area (Å²) in [5.41, 5.74) is 0. The first-order valence-electron chi connectivity index (χ1n) is 6.83. The number of piperidine rings is 1. The third kappa shape index (κ3) is 3.02. The number of nitrogens with one attached hydrogen (secondary N) is 1. The van der Waals surface area contributed by atoms with Crippen LogP contribution in [0.25, 0.3) is 0 Å². The van der Waals surface area contributed by atoms with Crippen molar-refractivity contribution in [3.8, 4) is 0 Å². The van der Waals surface area contributed by atoms with Gasteiger partial charge in [-0.3, -0.25) is 4.79 Å². The summed E-state index contributed by atoms with van der Waals surface area (Å²) in [5.74, 6) is -0.188. The van der Waals surface area contributed by atoms with Crippen LogP contribution in [0.4, 0.5) is 0 Å². The van der Waals surface area contributed by atoms with Crippen molar-refractivity contribution in [2.45, 2.75) is 50.6 Å². The van der Waals surface area contributed by atoms with E-state index in [0.717, 1.165) is 38.6 Å². The molecule has 2 saturated heterocycles. The minimum Gasteiger partial charge on any atom is -0.467 e. The van der Waals surface area contributed by atoms with E-state index < -0.39 is 0 Å². The van der Waals surface area contributed by atoms with E-state index in [-0.39, 0.29) is 24.0 Å². The summed E-state index contributed by atoms with van der Waals surface area (Å²) in [6.07, 6.45) is 5.41. The number of carbonyl (C=O) groups excluding carboxylic acids is 2. The molecule has 0 aromatic heterocycles. The Labute approximate surface area is 108 Å². The normalized spacial score (nSPS) is 28.2. The Hall–Kier alpha value is -1.10. The number of hydrogen-bond donors (Lipinski definition) is 1. The molecule has 1 amide bonds. The molecule has 2 rings (SSSR count). The minimum atomic E-state index is -0.363. The fraction of sp³-hybridized carbons (Fsp3) is 0.846. The van der Waals surface area contributed by atoms with Crippen LogP contribution < -0.4 is 5.32 Å². The van der Waals surface area contributed by atoms with Crippen molar-refractivity contribution in [3.63, 3.8) is 0 Å². The fourth-order valence-electron chi connectivity index (χ4n) is 2.87. The summed E-state index contributed by atoms with van der Waals surface area (Å²) < 4.78 is 4.79. The average Bonchev–Trinajstić information content (AvgIpc) is 2.90. The summed E-state index contributed by atoms with van der Waals surface area (Å²) in [4.78, 5) is 25.7. The van der Waals surface area contributed by atoms with Crippen molar-refractivity contribution in [3.05, 3.63) is 0 Å². The molecular weight excluding hydrogens is 232 g/mol. The van der Waals surface area contributed by atoms with Gasteiger partial charge in [-0.1, -0.05) is 0 Å². The molecule has 2 aliphatic rings. The van der Waals surface area contributed by atoms with E-state index in [0.29, 0.717) is 13.0 Å². The smallest absolute Gasteiger partial charge is 0.328 e. The number of carbonyl (C=O) groups is 2. The van der Waals surface area contributed by atoms with Gasteiger partial charge in [0.05, 0.1) is 7.11 Å². The second kappa shape index (κ2) is 6.18. The lowest BCUT2D eigenvalue weighted by molar-refractivity contribution is -0.154. The van der Waals surface area contributed by atoms with Crippen molar-refractivity contribution in [1.82, 2.24) is 10.2 Å². The molecule has 2 atom stereocenters. The number of hydrogen-bond acceptors (Lipinski definition) is 4. The highest BCUT2D eigenvalue weighted by molar-refractivity contribution is 5.85. The first kappa shape index (κ1) is 13.3. The molecule has 0 spiro atoms. The second-order valence-electron chi connectivity index (χ2n) is 5.12. The number of ether oxygens (including phenoxy) is 1. The monoisotopic (exact) mass is 254 g/mol. The average molecular weight is 254 g/mol. The molecule has 2 aliphatic heterocycles. The number of likely N-dealkylation sites (tertiary alicyclic amines) is 1. The summed E-state index contributed by atoms with van der Waals surface area (Å²) in [6, 6.07) is -0.0737. The lowest BCUT2D eigenvalue weighted by Crippen LogP contribution is -2.49. The first-order valence-corrected chi connectivity index (χ1v) is 6.83. The Balaban J connectivity index is 1.94. The Morgan fingerprint density at radius 1 is 1.28 bits per heavy atom. The highest BCUT2D eigenvalue weighted by Crippen LogP contribution is 2.20. The van der Waals surface area contributed by atoms with Crippen molar-refractivity contribution in [2.24, 2.45) is 0 Å². The van der Waals surface area contributed by atoms with Gasteiger partial charge >= 0.3 is 5.97 Å². The van der Waals surface area contributed by atoms with Gasteiger partial charge in [0.15, 0.2) is 0 Å². The number of amides is 1. The second-order valence-corrected chi connectivity index (χ2v) is 5.12. The van der Waals surface area contributed by atoms with Gasteiger partial charge in [-0.25, -0.2) is 4.79 Å². The van der Waals surface area contributed by atoms with Gasteiger partial charge in [0, 0.05) is 19.0 Å². The zero-order chi connectivity index (χ0) is 13.0. The SMILES string of the molecule is COC(=O)C1CCCCN1C(=O)CC1CCCN1. The molecule has 0 aromatic carbocycles. The fourth-order valence-corrected chi connectivity index (χ4v) is 2.87. The van der Waals surface area contributed by atoms with Crippen LogP contribution in [0.5, 0.6) is 0 Å². The van der Waals surface area contributed by atoms with Gasteiger partial charge in [0.25, 0.3) is 0 Å². The van der Waals surface area contributed by atoms with E-state index >= 15 is 0 Å². The number of rotatable bonds is 3. The molecule has 1 N–H and O–H groups in total. The van der Waals surface area contributed by atoms with Crippen LogP contribution in [-0.2, 0) is 14.3 Å². The maximum absolute atomic E-state index is 12.3. The maximum Gasteiger partial charge on any atom is 0.328 e. The number of esters is 1. The standard InChI is InChI=1S/C13H22N2O3/c1-18-13(17)11-6-2-3-8-15(11)12(16)9-10-5-4-7-14-10/h10-11,14H,2-9H2,1H3. The van der Waals surface area contributed by atoms with E-state index in [1.54, 1.807) is 4.90 Å². The summed E-state index contributed by atoms with van der Waals surface area (Å²) in [7, 11) is 1.39. The highest BCUT2D eigenvalue weighted by atomic mass is 16.5. The predicted molar refractivity (Wildman–Crippen MR) is 67.0 cm³/mol. The summed E-state index contributed by atoms with van der Waals surface area (Å²) in [6.45, 7) is 1.68. The van der Waals surface area contributed by atoms with E-state index in [9.17, 15) is 9.59 Å². The maximum atomic E-state index is 12.3. The van der Waals surface area contributed by atoms with E-state index in [4.69, 9.17) is 4.74 Å². The molecule has 0 radical (unpaired) electrons. The molecular formula is C13H22N2O3. The van der Waals surface area contributed by atoms with Crippen LogP contribution in [0.1, 0.15) is 38.5 Å². The van der Waals surface area contributed by atoms with Crippen LogP contribution >= 0.6 is 0 Å². The lowest BCUT2D eigenvalue weighted by Gasteiger charge is -2.34. The molecule has 2 fully saturated rings. The largest absolute Gasteiger partial charge is 0.467 e. The molecule has 0 saturated carbocycles.